The number of ether oxygens (including phenoxy) is 2. The molecule has 0 aliphatic rings. The van der Waals surface area contributed by atoms with Crippen LogP contribution in [0.3, 0.4) is 0 Å². The molecule has 0 fully saturated rings. The molecule has 0 saturated carbocycles. The fourth-order valence-corrected chi connectivity index (χ4v) is 1.55. The molecule has 0 heterocycles. The molecule has 1 aromatic rings. The third kappa shape index (κ3) is 5.90. The molecule has 6 nitrogen and oxygen atoms in total. The minimum atomic E-state index is -4.71. The number of benzene rings is 1. The van der Waals surface area contributed by atoms with Crippen molar-refractivity contribution in [2.24, 2.45) is 0 Å². The number of aliphatic carboxylic acids is 1. The molecule has 0 aliphatic heterocycles. The van der Waals surface area contributed by atoms with Crippen molar-refractivity contribution in [2.75, 3.05) is 13.7 Å². The summed E-state index contributed by atoms with van der Waals surface area (Å²) in [6, 6.07) is 4.27. The lowest BCUT2D eigenvalue weighted by molar-refractivity contribution is -0.160. The summed E-state index contributed by atoms with van der Waals surface area (Å²) in [6.45, 7) is -0.637. The summed E-state index contributed by atoms with van der Waals surface area (Å²) in [5.74, 6) is -2.21. The average molecular weight is 321 g/mol. The molecule has 0 bridgehead atoms. The zero-order valence-electron chi connectivity index (χ0n) is 11.5. The molecule has 0 radical (unpaired) electrons. The predicted molar refractivity (Wildman–Crippen MR) is 68.7 cm³/mol. The number of carbonyl (C=O) groups excluding carboxylic acids is 1. The number of carbonyl (C=O) groups is 2. The van der Waals surface area contributed by atoms with Gasteiger partial charge in [0.1, 0.15) is 6.04 Å². The predicted octanol–water partition coefficient (Wildman–Crippen LogP) is 1.60. The van der Waals surface area contributed by atoms with E-state index in [0.29, 0.717) is 5.75 Å². The third-order valence-corrected chi connectivity index (χ3v) is 2.50. The number of alkyl halides is 3. The van der Waals surface area contributed by atoms with Gasteiger partial charge in [0.15, 0.2) is 18.1 Å². The van der Waals surface area contributed by atoms with Crippen LogP contribution in [0, 0.1) is 0 Å². The van der Waals surface area contributed by atoms with Gasteiger partial charge in [-0.3, -0.25) is 4.79 Å². The van der Waals surface area contributed by atoms with E-state index in [9.17, 15) is 22.8 Å². The number of rotatable bonds is 7. The Morgan fingerprint density at radius 1 is 1.27 bits per heavy atom. The molecule has 1 unspecified atom stereocenters. The Bertz CT molecular complexity index is 533. The lowest BCUT2D eigenvalue weighted by Gasteiger charge is -2.16. The van der Waals surface area contributed by atoms with Crippen molar-refractivity contribution < 1.29 is 37.3 Å². The summed E-state index contributed by atoms with van der Waals surface area (Å²) in [6.07, 6.45) is -6.37. The molecule has 1 atom stereocenters. The van der Waals surface area contributed by atoms with Crippen molar-refractivity contribution in [2.45, 2.75) is 18.6 Å². The van der Waals surface area contributed by atoms with Crippen molar-refractivity contribution in [1.29, 1.82) is 0 Å². The normalized spacial score (nSPS) is 12.4. The fraction of sp³-hybridized carbons (Fsp3) is 0.385. The fourth-order valence-electron chi connectivity index (χ4n) is 1.55. The molecule has 0 aliphatic carbocycles. The van der Waals surface area contributed by atoms with Gasteiger partial charge in [0.05, 0.1) is 13.5 Å². The highest BCUT2D eigenvalue weighted by Gasteiger charge is 2.36. The lowest BCUT2D eigenvalue weighted by Crippen LogP contribution is -2.45. The molecular formula is C13H14F3NO5. The molecule has 2 N–H and O–H groups in total. The lowest BCUT2D eigenvalue weighted by atomic mass is 10.2. The Labute approximate surface area is 123 Å². The van der Waals surface area contributed by atoms with E-state index in [1.807, 2.05) is 0 Å². The van der Waals surface area contributed by atoms with Crippen LogP contribution in [-0.2, 0) is 9.59 Å². The highest BCUT2D eigenvalue weighted by Crippen LogP contribution is 2.25. The molecule has 122 valence electrons. The van der Waals surface area contributed by atoms with Crippen LogP contribution >= 0.6 is 0 Å². The van der Waals surface area contributed by atoms with Gasteiger partial charge in [0, 0.05) is 0 Å². The van der Waals surface area contributed by atoms with Crippen molar-refractivity contribution in [1.82, 2.24) is 5.32 Å². The number of carboxylic acid groups (broad SMARTS) is 1. The van der Waals surface area contributed by atoms with Gasteiger partial charge >= 0.3 is 12.1 Å². The summed E-state index contributed by atoms with van der Waals surface area (Å²) in [5, 5.41) is 10.4. The van der Waals surface area contributed by atoms with E-state index < -0.39 is 37.1 Å². The van der Waals surface area contributed by atoms with Crippen molar-refractivity contribution in [3.8, 4) is 11.5 Å². The van der Waals surface area contributed by atoms with E-state index in [4.69, 9.17) is 14.6 Å². The van der Waals surface area contributed by atoms with Crippen LogP contribution in [0.5, 0.6) is 11.5 Å². The van der Waals surface area contributed by atoms with E-state index in [2.05, 4.69) is 0 Å². The maximum absolute atomic E-state index is 12.2. The highest BCUT2D eigenvalue weighted by atomic mass is 19.4. The zero-order valence-corrected chi connectivity index (χ0v) is 11.5. The van der Waals surface area contributed by atoms with Gasteiger partial charge in [-0.05, 0) is 12.1 Å². The van der Waals surface area contributed by atoms with E-state index in [1.165, 1.54) is 13.2 Å². The molecule has 0 aromatic heterocycles. The summed E-state index contributed by atoms with van der Waals surface area (Å²) in [4.78, 5) is 22.2. The zero-order chi connectivity index (χ0) is 16.8. The Hall–Kier alpha value is -2.45. The maximum atomic E-state index is 12.2. The highest BCUT2D eigenvalue weighted by molar-refractivity contribution is 5.84. The van der Waals surface area contributed by atoms with Crippen LogP contribution in [0.15, 0.2) is 24.3 Å². The van der Waals surface area contributed by atoms with Crippen LogP contribution in [0.2, 0.25) is 0 Å². The van der Waals surface area contributed by atoms with E-state index in [1.54, 1.807) is 23.5 Å². The standard InChI is InChI=1S/C13H14F3NO5/c1-21-9-4-2-3-5-10(9)22-7-11(18)17-8(12(19)20)6-13(14,15)16/h2-5,8H,6-7H2,1H3,(H,17,18)(H,19,20). The average Bonchev–Trinajstić information content (AvgIpc) is 2.43. The molecule has 1 aromatic carbocycles. The minimum absolute atomic E-state index is 0.211. The molecular weight excluding hydrogens is 307 g/mol. The van der Waals surface area contributed by atoms with Gasteiger partial charge in [0.2, 0.25) is 0 Å². The molecule has 0 spiro atoms. The first-order valence-electron chi connectivity index (χ1n) is 6.07. The van der Waals surface area contributed by atoms with Gasteiger partial charge in [-0.25, -0.2) is 4.79 Å². The second kappa shape index (κ2) is 7.53. The first-order chi connectivity index (χ1) is 10.2. The van der Waals surface area contributed by atoms with Crippen LogP contribution < -0.4 is 14.8 Å². The topological polar surface area (TPSA) is 84.9 Å². The monoisotopic (exact) mass is 321 g/mol. The first kappa shape index (κ1) is 17.6. The molecule has 9 heteroatoms. The van der Waals surface area contributed by atoms with Crippen molar-refractivity contribution >= 4 is 11.9 Å². The SMILES string of the molecule is COc1ccccc1OCC(=O)NC(CC(F)(F)F)C(=O)O. The Morgan fingerprint density at radius 3 is 2.36 bits per heavy atom. The van der Waals surface area contributed by atoms with Crippen molar-refractivity contribution in [3.05, 3.63) is 24.3 Å². The maximum Gasteiger partial charge on any atom is 0.391 e. The van der Waals surface area contributed by atoms with Gasteiger partial charge in [0.25, 0.3) is 5.91 Å². The Balaban J connectivity index is 2.59. The van der Waals surface area contributed by atoms with Crippen LogP contribution in [0.1, 0.15) is 6.42 Å². The molecule has 1 rings (SSSR count). The quantitative estimate of drug-likeness (QED) is 0.797. The summed E-state index contributed by atoms with van der Waals surface area (Å²) >= 11 is 0. The Kier molecular flexibility index (Phi) is 6.02. The molecule has 1 amide bonds. The number of hydrogen-bond acceptors (Lipinski definition) is 4. The van der Waals surface area contributed by atoms with E-state index in [-0.39, 0.29) is 5.75 Å². The van der Waals surface area contributed by atoms with Gasteiger partial charge in [-0.15, -0.1) is 0 Å². The van der Waals surface area contributed by atoms with Crippen molar-refractivity contribution in [3.63, 3.8) is 0 Å². The molecule has 22 heavy (non-hydrogen) atoms. The number of methoxy groups -OCH3 is 1. The number of para-hydroxylation sites is 2. The van der Waals surface area contributed by atoms with Gasteiger partial charge in [-0.1, -0.05) is 12.1 Å². The number of carboxylic acids is 1. The summed E-state index contributed by atoms with van der Waals surface area (Å²) < 4.78 is 46.7. The smallest absolute Gasteiger partial charge is 0.391 e. The number of nitrogens with one attached hydrogen (secondary N) is 1. The van der Waals surface area contributed by atoms with Crippen LogP contribution in [0.25, 0.3) is 0 Å². The van der Waals surface area contributed by atoms with Gasteiger partial charge in [-0.2, -0.15) is 13.2 Å². The number of halogens is 3. The van der Waals surface area contributed by atoms with Crippen LogP contribution in [-0.4, -0.2) is 42.9 Å². The molecule has 0 saturated heterocycles. The largest absolute Gasteiger partial charge is 0.493 e. The number of hydrogen-bond donors (Lipinski definition) is 2. The minimum Gasteiger partial charge on any atom is -0.493 e. The van der Waals surface area contributed by atoms with Crippen LogP contribution in [0.4, 0.5) is 13.2 Å². The third-order valence-electron chi connectivity index (χ3n) is 2.50. The summed E-state index contributed by atoms with van der Waals surface area (Å²) in [5.41, 5.74) is 0. The van der Waals surface area contributed by atoms with E-state index >= 15 is 0 Å². The number of amides is 1. The van der Waals surface area contributed by atoms with E-state index in [0.717, 1.165) is 0 Å². The second-order valence-electron chi connectivity index (χ2n) is 4.22. The van der Waals surface area contributed by atoms with Gasteiger partial charge < -0.3 is 19.9 Å². The first-order valence-corrected chi connectivity index (χ1v) is 6.07. The second-order valence-corrected chi connectivity index (χ2v) is 4.22. The Morgan fingerprint density at radius 2 is 1.86 bits per heavy atom. The summed E-state index contributed by atoms with van der Waals surface area (Å²) in [7, 11) is 1.38.